The highest BCUT2D eigenvalue weighted by Crippen LogP contribution is 2.26. The Hall–Kier alpha value is -2.15. The van der Waals surface area contributed by atoms with E-state index in [2.05, 4.69) is 11.9 Å². The van der Waals surface area contributed by atoms with Crippen LogP contribution in [0.15, 0.2) is 35.4 Å². The number of benzene rings is 1. The second-order valence-corrected chi connectivity index (χ2v) is 10.9. The topological polar surface area (TPSA) is 76.6 Å². The number of hydrogen-bond donors (Lipinski definition) is 0. The Balaban J connectivity index is 2.21. The van der Waals surface area contributed by atoms with Gasteiger partial charge >= 0.3 is 6.09 Å². The molecule has 0 saturated carbocycles. The number of pyridine rings is 1. The smallest absolute Gasteiger partial charge is 0.410 e. The lowest BCUT2D eigenvalue weighted by atomic mass is 10.1. The minimum absolute atomic E-state index is 0.0428. The number of carbonyl (C=O) groups is 1. The van der Waals surface area contributed by atoms with Crippen LogP contribution in [-0.2, 0) is 14.6 Å². The number of aromatic nitrogens is 1. The van der Waals surface area contributed by atoms with Gasteiger partial charge in [-0.2, -0.15) is 0 Å². The average molecular weight is 435 g/mol. The maximum Gasteiger partial charge on any atom is 0.410 e. The van der Waals surface area contributed by atoms with E-state index in [9.17, 15) is 13.2 Å². The van der Waals surface area contributed by atoms with Crippen molar-refractivity contribution in [2.24, 2.45) is 5.92 Å². The first-order chi connectivity index (χ1) is 13.9. The van der Waals surface area contributed by atoms with E-state index in [1.807, 2.05) is 40.7 Å². The van der Waals surface area contributed by atoms with Gasteiger partial charge in [0.1, 0.15) is 5.60 Å². The maximum absolute atomic E-state index is 13.2. The van der Waals surface area contributed by atoms with Crippen LogP contribution in [0.4, 0.5) is 4.79 Å². The summed E-state index contributed by atoms with van der Waals surface area (Å²) in [6, 6.07) is 7.03. The van der Waals surface area contributed by atoms with E-state index in [-0.39, 0.29) is 11.7 Å². The Kier molecular flexibility index (Phi) is 7.86. The molecule has 0 saturated heterocycles. The van der Waals surface area contributed by atoms with Crippen LogP contribution in [0, 0.1) is 12.8 Å². The molecule has 0 aliphatic carbocycles. The molecule has 1 aromatic carbocycles. The summed E-state index contributed by atoms with van der Waals surface area (Å²) < 4.78 is 31.9. The zero-order valence-electron chi connectivity index (χ0n) is 18.9. The lowest BCUT2D eigenvalue weighted by molar-refractivity contribution is 0.0226. The molecule has 166 valence electrons. The summed E-state index contributed by atoms with van der Waals surface area (Å²) in [5.41, 5.74) is 0.208. The molecule has 30 heavy (non-hydrogen) atoms. The van der Waals surface area contributed by atoms with Gasteiger partial charge in [0.2, 0.25) is 0 Å². The second kappa shape index (κ2) is 9.77. The Morgan fingerprint density at radius 2 is 1.90 bits per heavy atom. The Bertz CT molecular complexity index is 980. The molecule has 0 spiro atoms. The third-order valence-corrected chi connectivity index (χ3v) is 6.80. The van der Waals surface area contributed by atoms with Gasteiger partial charge in [0, 0.05) is 35.8 Å². The highest BCUT2D eigenvalue weighted by Gasteiger charge is 2.26. The summed E-state index contributed by atoms with van der Waals surface area (Å²) in [5.74, 6) is -0.281. The molecule has 1 aromatic heterocycles. The van der Waals surface area contributed by atoms with Crippen LogP contribution in [-0.4, -0.2) is 48.8 Å². The Labute approximate surface area is 180 Å². The van der Waals surface area contributed by atoms with Gasteiger partial charge in [0.15, 0.2) is 9.84 Å². The van der Waals surface area contributed by atoms with E-state index >= 15 is 0 Å². The van der Waals surface area contributed by atoms with Gasteiger partial charge in [0.05, 0.1) is 10.6 Å². The van der Waals surface area contributed by atoms with Crippen LogP contribution in [0.2, 0.25) is 0 Å². The molecule has 6 nitrogen and oxygen atoms in total. The van der Waals surface area contributed by atoms with E-state index in [0.717, 1.165) is 23.9 Å². The number of amides is 1. The summed E-state index contributed by atoms with van der Waals surface area (Å²) >= 11 is 0. The highest BCUT2D eigenvalue weighted by molar-refractivity contribution is 7.91. The van der Waals surface area contributed by atoms with Crippen molar-refractivity contribution >= 4 is 26.7 Å². The number of nitrogens with zero attached hydrogens (tertiary/aromatic N) is 2. The summed E-state index contributed by atoms with van der Waals surface area (Å²) in [7, 11) is -3.54. The Morgan fingerprint density at radius 1 is 1.20 bits per heavy atom. The fourth-order valence-electron chi connectivity index (χ4n) is 3.42. The lowest BCUT2D eigenvalue weighted by Gasteiger charge is -2.29. The lowest BCUT2D eigenvalue weighted by Crippen LogP contribution is -2.40. The van der Waals surface area contributed by atoms with Gasteiger partial charge < -0.3 is 9.64 Å². The van der Waals surface area contributed by atoms with E-state index in [1.54, 1.807) is 29.3 Å². The number of hydrogen-bond acceptors (Lipinski definition) is 5. The zero-order chi connectivity index (χ0) is 22.5. The molecular formula is C23H34N2O4S. The molecule has 0 radical (unpaired) electrons. The van der Waals surface area contributed by atoms with E-state index in [4.69, 9.17) is 4.74 Å². The molecule has 0 bridgehead atoms. The van der Waals surface area contributed by atoms with Crippen LogP contribution in [0.25, 0.3) is 10.8 Å². The number of fused-ring (bicyclic) bond motifs is 1. The van der Waals surface area contributed by atoms with Gasteiger partial charge in [-0.1, -0.05) is 32.4 Å². The molecule has 2 rings (SSSR count). The molecule has 0 fully saturated rings. The van der Waals surface area contributed by atoms with Crippen LogP contribution >= 0.6 is 0 Å². The molecule has 0 aliphatic rings. The first-order valence-electron chi connectivity index (χ1n) is 10.5. The summed E-state index contributed by atoms with van der Waals surface area (Å²) in [6.45, 7) is 12.1. The molecule has 7 heteroatoms. The number of ether oxygens (including phenoxy) is 1. The number of rotatable bonds is 8. The molecule has 1 heterocycles. The first kappa shape index (κ1) is 24.1. The number of unbranched alkanes of at least 4 members (excludes halogenated alkanes) is 1. The van der Waals surface area contributed by atoms with Crippen LogP contribution < -0.4 is 0 Å². The highest BCUT2D eigenvalue weighted by atomic mass is 32.2. The van der Waals surface area contributed by atoms with Crippen molar-refractivity contribution in [2.75, 3.05) is 18.8 Å². The largest absolute Gasteiger partial charge is 0.444 e. The molecule has 2 aromatic rings. The average Bonchev–Trinajstić information content (AvgIpc) is 2.63. The van der Waals surface area contributed by atoms with Gasteiger partial charge in [-0.3, -0.25) is 4.98 Å². The fourth-order valence-corrected chi connectivity index (χ4v) is 5.25. The van der Waals surface area contributed by atoms with Crippen LogP contribution in [0.3, 0.4) is 0 Å². The van der Waals surface area contributed by atoms with Gasteiger partial charge in [0.25, 0.3) is 0 Å². The SMILES string of the molecule is CCCCN(CC(C)CS(=O)(=O)c1cccc2c(C)nccc12)C(=O)OC(C)(C)C. The van der Waals surface area contributed by atoms with Crippen molar-refractivity contribution in [3.05, 3.63) is 36.2 Å². The van der Waals surface area contributed by atoms with Crippen molar-refractivity contribution in [3.8, 4) is 0 Å². The van der Waals surface area contributed by atoms with Crippen LogP contribution in [0.1, 0.15) is 53.2 Å². The summed E-state index contributed by atoms with van der Waals surface area (Å²) in [6.07, 6.45) is 3.02. The summed E-state index contributed by atoms with van der Waals surface area (Å²) in [5, 5.41) is 1.52. The van der Waals surface area contributed by atoms with E-state index < -0.39 is 21.5 Å². The van der Waals surface area contributed by atoms with Crippen LogP contribution in [0.5, 0.6) is 0 Å². The Morgan fingerprint density at radius 3 is 2.53 bits per heavy atom. The van der Waals surface area contributed by atoms with Crippen molar-refractivity contribution in [2.45, 2.75) is 64.9 Å². The maximum atomic E-state index is 13.2. The number of carbonyl (C=O) groups excluding carboxylic acids is 1. The molecule has 1 atom stereocenters. The quantitative estimate of drug-likeness (QED) is 0.585. The minimum atomic E-state index is -3.54. The van der Waals surface area contributed by atoms with Crippen molar-refractivity contribution < 1.29 is 17.9 Å². The van der Waals surface area contributed by atoms with Gasteiger partial charge in [-0.15, -0.1) is 0 Å². The van der Waals surface area contributed by atoms with E-state index in [1.165, 1.54) is 0 Å². The van der Waals surface area contributed by atoms with Gasteiger partial charge in [-0.05, 0) is 52.2 Å². The number of aryl methyl sites for hydroxylation is 1. The van der Waals surface area contributed by atoms with Crippen molar-refractivity contribution in [1.29, 1.82) is 0 Å². The number of sulfone groups is 1. The zero-order valence-corrected chi connectivity index (χ0v) is 19.8. The van der Waals surface area contributed by atoms with Gasteiger partial charge in [-0.25, -0.2) is 13.2 Å². The molecular weight excluding hydrogens is 400 g/mol. The summed E-state index contributed by atoms with van der Waals surface area (Å²) in [4.78, 5) is 18.8. The monoisotopic (exact) mass is 434 g/mol. The predicted octanol–water partition coefficient (Wildman–Crippen LogP) is 4.99. The molecule has 0 aliphatic heterocycles. The third-order valence-electron chi connectivity index (χ3n) is 4.77. The molecule has 0 N–H and O–H groups in total. The first-order valence-corrected chi connectivity index (χ1v) is 12.1. The second-order valence-electron chi connectivity index (χ2n) is 8.91. The predicted molar refractivity (Wildman–Crippen MR) is 120 cm³/mol. The fraction of sp³-hybridized carbons (Fsp3) is 0.565. The van der Waals surface area contributed by atoms with E-state index in [0.29, 0.717) is 23.4 Å². The molecule has 1 amide bonds. The minimum Gasteiger partial charge on any atom is -0.444 e. The van der Waals surface area contributed by atoms with Crippen molar-refractivity contribution in [3.63, 3.8) is 0 Å². The van der Waals surface area contributed by atoms with Crippen molar-refractivity contribution in [1.82, 2.24) is 9.88 Å². The molecule has 1 unspecified atom stereocenters. The standard InChI is InChI=1S/C23H34N2O4S/c1-7-8-14-25(22(26)29-23(4,5)6)15-17(2)16-30(27,28)21-11-9-10-19-18(3)24-13-12-20(19)21/h9-13,17H,7-8,14-16H2,1-6H3. The third kappa shape index (κ3) is 6.42. The normalized spacial score (nSPS) is 13.3.